The molecule has 2 aliphatic rings. The molecule has 1 fully saturated rings. The van der Waals surface area contributed by atoms with E-state index in [1.807, 2.05) is 25.7 Å². The topological polar surface area (TPSA) is 61.6 Å². The van der Waals surface area contributed by atoms with E-state index in [2.05, 4.69) is 23.4 Å². The minimum atomic E-state index is -0.963. The fourth-order valence-corrected chi connectivity index (χ4v) is 3.92. The van der Waals surface area contributed by atoms with Crippen LogP contribution < -0.4 is 0 Å². The number of aromatic nitrogens is 2. The van der Waals surface area contributed by atoms with Crippen LogP contribution in [0.2, 0.25) is 0 Å². The van der Waals surface area contributed by atoms with Gasteiger partial charge in [0.15, 0.2) is 0 Å². The number of hydrogen-bond acceptors (Lipinski definition) is 4. The summed E-state index contributed by atoms with van der Waals surface area (Å²) < 4.78 is 2.26. The molecule has 0 saturated carbocycles. The fourth-order valence-electron chi connectivity index (χ4n) is 3.92. The van der Waals surface area contributed by atoms with Crippen molar-refractivity contribution in [3.63, 3.8) is 0 Å². The van der Waals surface area contributed by atoms with Gasteiger partial charge in [-0.3, -0.25) is 4.79 Å². The summed E-state index contributed by atoms with van der Waals surface area (Å²) in [6, 6.07) is 0. The first kappa shape index (κ1) is 18.4. The number of aliphatic hydroxyl groups excluding tert-OH is 1. The molecule has 1 atom stereocenters. The van der Waals surface area contributed by atoms with E-state index in [-0.39, 0.29) is 5.91 Å². The van der Waals surface area contributed by atoms with Crippen molar-refractivity contribution in [1.29, 1.82) is 0 Å². The molecule has 0 spiro atoms. The van der Waals surface area contributed by atoms with E-state index in [4.69, 9.17) is 4.98 Å². The van der Waals surface area contributed by atoms with Gasteiger partial charge in [0.05, 0.1) is 17.9 Å². The van der Waals surface area contributed by atoms with E-state index >= 15 is 0 Å². The molecule has 25 heavy (non-hydrogen) atoms. The number of amides is 1. The molecule has 1 unspecified atom stereocenters. The highest BCUT2D eigenvalue weighted by molar-refractivity contribution is 5.81. The molecule has 0 bridgehead atoms. The lowest BCUT2D eigenvalue weighted by molar-refractivity contribution is -0.147. The van der Waals surface area contributed by atoms with Crippen molar-refractivity contribution >= 4 is 5.91 Å². The Morgan fingerprint density at radius 2 is 1.84 bits per heavy atom. The molecule has 6 nitrogen and oxygen atoms in total. The van der Waals surface area contributed by atoms with Crippen molar-refractivity contribution in [2.24, 2.45) is 5.41 Å². The fraction of sp³-hybridized carbons (Fsp3) is 0.789. The summed E-state index contributed by atoms with van der Waals surface area (Å²) >= 11 is 0. The number of rotatable bonds is 2. The molecule has 1 aromatic heterocycles. The third-order valence-corrected chi connectivity index (χ3v) is 5.70. The first-order chi connectivity index (χ1) is 11.7. The van der Waals surface area contributed by atoms with Crippen molar-refractivity contribution < 1.29 is 9.90 Å². The van der Waals surface area contributed by atoms with Crippen molar-refractivity contribution in [3.05, 3.63) is 17.2 Å². The first-order valence-electron chi connectivity index (χ1n) is 9.39. The predicted molar refractivity (Wildman–Crippen MR) is 97.3 cm³/mol. The average Bonchev–Trinajstić information content (AvgIpc) is 2.90. The normalized spacial score (nSPS) is 21.3. The zero-order valence-corrected chi connectivity index (χ0v) is 16.2. The van der Waals surface area contributed by atoms with E-state index in [1.54, 1.807) is 0 Å². The Hall–Kier alpha value is -1.40. The van der Waals surface area contributed by atoms with Crippen molar-refractivity contribution in [1.82, 2.24) is 19.4 Å². The Kier molecular flexibility index (Phi) is 4.95. The van der Waals surface area contributed by atoms with Gasteiger partial charge < -0.3 is 19.5 Å². The summed E-state index contributed by atoms with van der Waals surface area (Å²) in [5.41, 5.74) is 1.91. The highest BCUT2D eigenvalue weighted by Crippen LogP contribution is 2.32. The average molecular weight is 348 g/mol. The quantitative estimate of drug-likeness (QED) is 0.884. The van der Waals surface area contributed by atoms with Crippen LogP contribution in [0.3, 0.4) is 0 Å². The zero-order chi connectivity index (χ0) is 18.4. The van der Waals surface area contributed by atoms with Gasteiger partial charge in [-0.15, -0.1) is 0 Å². The van der Waals surface area contributed by atoms with Crippen LogP contribution in [-0.4, -0.2) is 63.2 Å². The Balaban J connectivity index is 1.81. The second-order valence-corrected chi connectivity index (χ2v) is 8.75. The highest BCUT2D eigenvalue weighted by Gasteiger charge is 2.36. The molecule has 3 heterocycles. The Bertz CT molecular complexity index is 639. The van der Waals surface area contributed by atoms with E-state index in [9.17, 15) is 9.90 Å². The minimum Gasteiger partial charge on any atom is -0.383 e. The summed E-state index contributed by atoms with van der Waals surface area (Å²) in [6.45, 7) is 11.9. The molecule has 1 amide bonds. The zero-order valence-electron chi connectivity index (χ0n) is 16.2. The molecular weight excluding hydrogens is 316 g/mol. The van der Waals surface area contributed by atoms with Crippen molar-refractivity contribution in [2.75, 3.05) is 26.7 Å². The van der Waals surface area contributed by atoms with Gasteiger partial charge in [0.1, 0.15) is 11.9 Å². The van der Waals surface area contributed by atoms with Gasteiger partial charge in [-0.1, -0.05) is 20.8 Å². The van der Waals surface area contributed by atoms with Gasteiger partial charge in [0, 0.05) is 19.0 Å². The van der Waals surface area contributed by atoms with Crippen LogP contribution in [0.5, 0.6) is 0 Å². The van der Waals surface area contributed by atoms with Gasteiger partial charge in [0.25, 0.3) is 5.91 Å². The maximum absolute atomic E-state index is 12.7. The van der Waals surface area contributed by atoms with Crippen molar-refractivity contribution in [3.8, 4) is 0 Å². The van der Waals surface area contributed by atoms with Gasteiger partial charge in [-0.05, 0) is 45.3 Å². The number of fused-ring (bicyclic) bond motifs is 1. The van der Waals surface area contributed by atoms with E-state index in [1.165, 1.54) is 11.4 Å². The summed E-state index contributed by atoms with van der Waals surface area (Å²) in [5, 5.41) is 10.4. The molecule has 1 aromatic rings. The molecule has 1 saturated heterocycles. The van der Waals surface area contributed by atoms with E-state index in [0.29, 0.717) is 19.0 Å². The summed E-state index contributed by atoms with van der Waals surface area (Å²) in [5.74, 6) is 1.37. The third-order valence-electron chi connectivity index (χ3n) is 5.70. The smallest absolute Gasteiger partial charge is 0.252 e. The Morgan fingerprint density at radius 1 is 1.20 bits per heavy atom. The molecule has 140 valence electrons. The van der Waals surface area contributed by atoms with Crippen molar-refractivity contribution in [2.45, 2.75) is 65.6 Å². The predicted octanol–water partition coefficient (Wildman–Crippen LogP) is 1.75. The molecule has 6 heteroatoms. The van der Waals surface area contributed by atoms with E-state index in [0.717, 1.165) is 38.3 Å². The number of nitrogens with zero attached hydrogens (tertiary/aromatic N) is 4. The number of carbonyl (C=O) groups excluding carboxylic acids is 1. The number of hydrogen-bond donors (Lipinski definition) is 1. The van der Waals surface area contributed by atoms with Gasteiger partial charge in [-0.25, -0.2) is 4.98 Å². The number of imidazole rings is 1. The molecule has 0 aromatic carbocycles. The van der Waals surface area contributed by atoms with Crippen LogP contribution in [0.1, 0.15) is 56.7 Å². The summed E-state index contributed by atoms with van der Waals surface area (Å²) in [6.07, 6.45) is 1.28. The molecule has 0 aliphatic carbocycles. The lowest BCUT2D eigenvalue weighted by Crippen LogP contribution is -2.48. The van der Waals surface area contributed by atoms with Crippen LogP contribution in [0.4, 0.5) is 0 Å². The molecule has 3 rings (SSSR count). The third kappa shape index (κ3) is 3.60. The maximum Gasteiger partial charge on any atom is 0.252 e. The van der Waals surface area contributed by atoms with Crippen LogP contribution in [0.25, 0.3) is 0 Å². The highest BCUT2D eigenvalue weighted by atomic mass is 16.3. The summed E-state index contributed by atoms with van der Waals surface area (Å²) in [7, 11) is 2.17. The number of aryl methyl sites for hydroxylation is 1. The monoisotopic (exact) mass is 348 g/mol. The Labute approximate surface area is 150 Å². The Morgan fingerprint density at radius 3 is 2.44 bits per heavy atom. The van der Waals surface area contributed by atoms with E-state index < -0.39 is 11.5 Å². The number of likely N-dealkylation sites (tertiary alicyclic amines) is 1. The maximum atomic E-state index is 12.7. The summed E-state index contributed by atoms with van der Waals surface area (Å²) in [4.78, 5) is 21.8. The molecule has 2 aliphatic heterocycles. The standard InChI is InChI=1S/C19H32N4O2/c1-13-20-16(14-6-8-21(5)9-7-14)15-12-22(10-11-23(13)15)18(25)17(24)19(2,3)4/h14,17,24H,6-12H2,1-5H3. The second-order valence-electron chi connectivity index (χ2n) is 8.75. The van der Waals surface area contributed by atoms with Crippen LogP contribution in [0, 0.1) is 12.3 Å². The SMILES string of the molecule is Cc1nc(C2CCN(C)CC2)c2n1CCN(C(=O)C(O)C(C)(C)C)C2. The second kappa shape index (κ2) is 6.72. The molecule has 1 N–H and O–H groups in total. The molecule has 0 radical (unpaired) electrons. The van der Waals surface area contributed by atoms with Crippen LogP contribution in [0.15, 0.2) is 0 Å². The largest absolute Gasteiger partial charge is 0.383 e. The lowest BCUT2D eigenvalue weighted by atomic mass is 9.88. The first-order valence-corrected chi connectivity index (χ1v) is 9.39. The number of carbonyl (C=O) groups is 1. The van der Waals surface area contributed by atoms with Gasteiger partial charge in [0.2, 0.25) is 0 Å². The van der Waals surface area contributed by atoms with Crippen LogP contribution in [-0.2, 0) is 17.9 Å². The number of piperidine rings is 1. The lowest BCUT2D eigenvalue weighted by Gasteiger charge is -2.35. The van der Waals surface area contributed by atoms with Gasteiger partial charge in [-0.2, -0.15) is 0 Å². The number of aliphatic hydroxyl groups is 1. The molecular formula is C19H32N4O2. The minimum absolute atomic E-state index is 0.160. The van der Waals surface area contributed by atoms with Gasteiger partial charge >= 0.3 is 0 Å². The van der Waals surface area contributed by atoms with Crippen LogP contribution >= 0.6 is 0 Å².